The molecule has 3 fully saturated rings. The Morgan fingerprint density at radius 2 is 0.481 bits per heavy atom. The maximum atomic E-state index is 2.55. The monoisotopic (exact) mass is 1430 g/mol. The Bertz CT molecular complexity index is 4590. The standard InChI is InChI=1S/C61H73N.C45H55N/c1-57(2,3)46-31-44(32-47(37-46)58(4,5)6)42-30-43(45-33-48(59(7,8)9)38-49(34-45)60(10,11)12)36-52(35-42)62(50-26-24-41(25-27-50)40-20-16-15-17-21-40)51-28-29-54-53-22-18-19-23-55(53)61(13,14)56(54)39-51;1-45(2)43-22-16-15-21-41(43)42-32-31-40(33-44(42)45)46(39-29-25-37(26-30-39)35-19-13-10-14-20-35)38-27-23-36(24-28-38)34-17-11-8-6-4-3-5-7-9-12-18-34/h18-19,22-40H,15-17,20-21H2,1-14H3;15-16,21-35H,3-14,17-20H2,1-2H3. The van der Waals surface area contributed by atoms with Crippen LogP contribution in [0.3, 0.4) is 0 Å². The van der Waals surface area contributed by atoms with Crippen molar-refractivity contribution in [2.45, 2.75) is 296 Å². The molecule has 0 amide bonds. The Balaban J connectivity index is 0.000000189. The van der Waals surface area contributed by atoms with Crippen molar-refractivity contribution in [3.05, 3.63) is 274 Å². The largest absolute Gasteiger partial charge is 0.310 e. The third-order valence-electron chi connectivity index (χ3n) is 26.0. The van der Waals surface area contributed by atoms with Crippen molar-refractivity contribution < 1.29 is 0 Å². The topological polar surface area (TPSA) is 6.48 Å². The minimum absolute atomic E-state index is 0.0000121. The zero-order valence-corrected chi connectivity index (χ0v) is 69.2. The van der Waals surface area contributed by atoms with Gasteiger partial charge in [0.2, 0.25) is 0 Å². The van der Waals surface area contributed by atoms with Gasteiger partial charge in [0.05, 0.1) is 0 Å². The molecule has 0 aromatic heterocycles. The van der Waals surface area contributed by atoms with E-state index in [1.165, 1.54) is 269 Å². The summed E-state index contributed by atoms with van der Waals surface area (Å²) in [5, 5.41) is 0. The summed E-state index contributed by atoms with van der Waals surface area (Å²) in [6.45, 7) is 37.7. The van der Waals surface area contributed by atoms with Crippen molar-refractivity contribution >= 4 is 34.1 Å². The number of benzene rings is 10. The summed E-state index contributed by atoms with van der Waals surface area (Å²) in [7, 11) is 0. The lowest BCUT2D eigenvalue weighted by Crippen LogP contribution is -2.17. The van der Waals surface area contributed by atoms with Crippen LogP contribution >= 0.6 is 0 Å². The highest BCUT2D eigenvalue weighted by molar-refractivity contribution is 5.90. The fourth-order valence-corrected chi connectivity index (χ4v) is 19.0. The van der Waals surface area contributed by atoms with Crippen molar-refractivity contribution in [1.29, 1.82) is 0 Å². The van der Waals surface area contributed by atoms with E-state index in [1.54, 1.807) is 5.56 Å². The predicted molar refractivity (Wildman–Crippen MR) is 468 cm³/mol. The molecule has 108 heavy (non-hydrogen) atoms. The van der Waals surface area contributed by atoms with Crippen LogP contribution in [0.2, 0.25) is 0 Å². The number of hydrogen-bond acceptors (Lipinski definition) is 2. The number of hydrogen-bond donors (Lipinski definition) is 0. The maximum Gasteiger partial charge on any atom is 0.0473 e. The van der Waals surface area contributed by atoms with Crippen LogP contribution in [0, 0.1) is 0 Å². The molecule has 0 saturated heterocycles. The molecule has 0 unspecified atom stereocenters. The number of nitrogens with zero attached hydrogens (tertiary/aromatic N) is 2. The molecule has 0 aliphatic heterocycles. The van der Waals surface area contributed by atoms with Crippen LogP contribution in [-0.4, -0.2) is 0 Å². The zero-order chi connectivity index (χ0) is 75.9. The van der Waals surface area contributed by atoms with E-state index in [9.17, 15) is 0 Å². The number of anilines is 6. The first kappa shape index (κ1) is 76.6. The lowest BCUT2D eigenvalue weighted by atomic mass is 9.78. The molecular formula is C106H128N2. The normalized spacial score (nSPS) is 17.3. The van der Waals surface area contributed by atoms with Gasteiger partial charge in [0.15, 0.2) is 0 Å². The third-order valence-corrected chi connectivity index (χ3v) is 26.0. The summed E-state index contributed by atoms with van der Waals surface area (Å²) in [4.78, 5) is 5.06. The fourth-order valence-electron chi connectivity index (χ4n) is 19.0. The Labute approximate surface area is 653 Å². The van der Waals surface area contributed by atoms with Gasteiger partial charge in [-0.25, -0.2) is 0 Å². The highest BCUT2D eigenvalue weighted by atomic mass is 15.1. The first-order chi connectivity index (χ1) is 51.6. The van der Waals surface area contributed by atoms with E-state index >= 15 is 0 Å². The summed E-state index contributed by atoms with van der Waals surface area (Å²) in [6.07, 6.45) is 28.8. The average Bonchev–Trinajstić information content (AvgIpc) is 1.57. The van der Waals surface area contributed by atoms with Gasteiger partial charge in [-0.05, 0) is 263 Å². The molecule has 0 heterocycles. The average molecular weight is 1430 g/mol. The molecule has 10 aromatic carbocycles. The van der Waals surface area contributed by atoms with Crippen molar-refractivity contribution in [1.82, 2.24) is 0 Å². The fraction of sp³-hybridized carbons (Fsp3) is 0.434. The van der Waals surface area contributed by atoms with E-state index in [-0.39, 0.29) is 32.5 Å². The summed E-state index contributed by atoms with van der Waals surface area (Å²) >= 11 is 0. The summed E-state index contributed by atoms with van der Waals surface area (Å²) in [6, 6.07) is 83.6. The van der Waals surface area contributed by atoms with Crippen LogP contribution in [0.15, 0.2) is 212 Å². The molecule has 2 heteroatoms. The number of rotatable bonds is 11. The van der Waals surface area contributed by atoms with Gasteiger partial charge >= 0.3 is 0 Å². The van der Waals surface area contributed by atoms with Gasteiger partial charge in [0.1, 0.15) is 0 Å². The summed E-state index contributed by atoms with van der Waals surface area (Å²) in [5.74, 6) is 2.07. The first-order valence-electron chi connectivity index (χ1n) is 42.4. The molecular weight excluding hydrogens is 1300 g/mol. The van der Waals surface area contributed by atoms with E-state index < -0.39 is 0 Å². The van der Waals surface area contributed by atoms with Gasteiger partial charge in [-0.2, -0.15) is 0 Å². The number of fused-ring (bicyclic) bond motifs is 6. The second kappa shape index (κ2) is 31.3. The molecule has 0 atom stereocenters. The highest BCUT2D eigenvalue weighted by Crippen LogP contribution is 2.54. The van der Waals surface area contributed by atoms with Crippen LogP contribution in [0.5, 0.6) is 0 Å². The van der Waals surface area contributed by atoms with Crippen molar-refractivity contribution in [3.63, 3.8) is 0 Å². The molecule has 3 saturated carbocycles. The van der Waals surface area contributed by atoms with Gasteiger partial charge in [0, 0.05) is 45.0 Å². The van der Waals surface area contributed by atoms with Gasteiger partial charge in [0.25, 0.3) is 0 Å². The van der Waals surface area contributed by atoms with Gasteiger partial charge in [-0.15, -0.1) is 0 Å². The molecule has 0 bridgehead atoms. The summed E-state index contributed by atoms with van der Waals surface area (Å²) in [5.41, 5.74) is 33.4. The van der Waals surface area contributed by atoms with Crippen molar-refractivity contribution in [2.75, 3.05) is 9.80 Å². The van der Waals surface area contributed by atoms with E-state index in [0.717, 1.165) is 5.92 Å². The van der Waals surface area contributed by atoms with E-state index in [1.807, 2.05) is 0 Å². The maximum absolute atomic E-state index is 2.55. The van der Waals surface area contributed by atoms with Crippen LogP contribution < -0.4 is 9.80 Å². The van der Waals surface area contributed by atoms with Crippen LogP contribution in [0.1, 0.15) is 325 Å². The van der Waals surface area contributed by atoms with Gasteiger partial charge < -0.3 is 9.80 Å². The summed E-state index contributed by atoms with van der Waals surface area (Å²) < 4.78 is 0. The molecule has 2 nitrogen and oxygen atoms in total. The Kier molecular flexibility index (Phi) is 22.2. The Morgan fingerprint density at radius 3 is 0.787 bits per heavy atom. The SMILES string of the molecule is CC(C)(C)c1cc(-c2cc(-c3cc(C(C)(C)C)cc(C(C)(C)C)c3)cc(N(c3ccc(C4CCCCC4)cc3)c3ccc4c(c3)C(C)(C)c3ccccc3-4)c2)cc(C(C)(C)C)c1.CC1(C)c2ccccc2-c2ccc(N(c3ccc(C4CCCCCCCCCCC4)cc3)c3ccc(C4CCCCC4)cc3)cc21. The smallest absolute Gasteiger partial charge is 0.0473 e. The third kappa shape index (κ3) is 16.5. The van der Waals surface area contributed by atoms with Gasteiger partial charge in [-0.3, -0.25) is 0 Å². The first-order valence-corrected chi connectivity index (χ1v) is 42.4. The van der Waals surface area contributed by atoms with Crippen molar-refractivity contribution in [2.24, 2.45) is 0 Å². The second-order valence-electron chi connectivity index (χ2n) is 38.7. The van der Waals surface area contributed by atoms with Crippen molar-refractivity contribution in [3.8, 4) is 44.5 Å². The lowest BCUT2D eigenvalue weighted by molar-refractivity contribution is 0.443. The predicted octanol–water partition coefficient (Wildman–Crippen LogP) is 31.9. The van der Waals surface area contributed by atoms with E-state index in [2.05, 4.69) is 333 Å². The minimum atomic E-state index is -0.112. The molecule has 0 N–H and O–H groups in total. The van der Waals surface area contributed by atoms with Crippen LogP contribution in [-0.2, 0) is 32.5 Å². The molecule has 0 spiro atoms. The molecule has 10 aromatic rings. The molecule has 5 aliphatic carbocycles. The Morgan fingerprint density at radius 1 is 0.231 bits per heavy atom. The molecule has 0 radical (unpaired) electrons. The van der Waals surface area contributed by atoms with Gasteiger partial charge in [-0.1, -0.05) is 341 Å². The quantitative estimate of drug-likeness (QED) is 0.127. The Hall–Kier alpha value is -8.20. The van der Waals surface area contributed by atoms with Crippen LogP contribution in [0.25, 0.3) is 44.5 Å². The highest BCUT2D eigenvalue weighted by Gasteiger charge is 2.38. The zero-order valence-electron chi connectivity index (χ0n) is 69.2. The lowest BCUT2D eigenvalue weighted by Gasteiger charge is -2.30. The minimum Gasteiger partial charge on any atom is -0.310 e. The van der Waals surface area contributed by atoms with Crippen LogP contribution in [0.4, 0.5) is 34.1 Å². The second-order valence-corrected chi connectivity index (χ2v) is 38.7. The molecule has 562 valence electrons. The molecule has 15 rings (SSSR count). The van der Waals surface area contributed by atoms with E-state index in [4.69, 9.17) is 0 Å². The van der Waals surface area contributed by atoms with E-state index in [0.29, 0.717) is 11.8 Å². The molecule has 5 aliphatic rings.